The number of allylic oxidation sites excluding steroid dienone is 5. The van der Waals surface area contributed by atoms with Gasteiger partial charge in [0.05, 0.1) is 0 Å². The summed E-state index contributed by atoms with van der Waals surface area (Å²) in [6.45, 7) is 8.98. The van der Waals surface area contributed by atoms with Crippen molar-refractivity contribution >= 4 is 0 Å². The molecule has 0 bridgehead atoms. The summed E-state index contributed by atoms with van der Waals surface area (Å²) in [6.07, 6.45) is 13.3. The van der Waals surface area contributed by atoms with E-state index in [-0.39, 0.29) is 6.61 Å². The summed E-state index contributed by atoms with van der Waals surface area (Å²) in [5.74, 6) is 0. The van der Waals surface area contributed by atoms with Crippen molar-refractivity contribution in [3.05, 3.63) is 34.9 Å². The zero-order valence-corrected chi connectivity index (χ0v) is 12.6. The average molecular weight is 250 g/mol. The fourth-order valence-corrected chi connectivity index (χ4v) is 1.89. The molecule has 1 heteroatoms. The quantitative estimate of drug-likeness (QED) is 0.559. The van der Waals surface area contributed by atoms with Gasteiger partial charge in [-0.2, -0.15) is 0 Å². The molecular weight excluding hydrogens is 220 g/mol. The maximum Gasteiger partial charge on any atom is 0.0465 e. The van der Waals surface area contributed by atoms with E-state index < -0.39 is 0 Å². The van der Waals surface area contributed by atoms with E-state index >= 15 is 0 Å². The topological polar surface area (TPSA) is 20.2 Å². The summed E-state index contributed by atoms with van der Waals surface area (Å²) in [6, 6.07) is 0. The zero-order valence-electron chi connectivity index (χ0n) is 12.6. The first-order chi connectivity index (χ1) is 8.60. The van der Waals surface area contributed by atoms with Crippen LogP contribution in [0.3, 0.4) is 0 Å². The normalized spacial score (nSPS) is 12.7. The zero-order chi connectivity index (χ0) is 13.8. The minimum Gasteiger partial charge on any atom is -0.396 e. The van der Waals surface area contributed by atoms with Crippen LogP contribution in [0.1, 0.15) is 66.2 Å². The minimum absolute atomic E-state index is 0.265. The van der Waals surface area contributed by atoms with Gasteiger partial charge in [-0.15, -0.1) is 0 Å². The van der Waals surface area contributed by atoms with Gasteiger partial charge in [0.15, 0.2) is 0 Å². The van der Waals surface area contributed by atoms with Crippen LogP contribution in [0.5, 0.6) is 0 Å². The highest BCUT2D eigenvalue weighted by Gasteiger charge is 1.94. The van der Waals surface area contributed by atoms with Crippen molar-refractivity contribution in [1.82, 2.24) is 0 Å². The van der Waals surface area contributed by atoms with E-state index in [9.17, 15) is 0 Å². The van der Waals surface area contributed by atoms with Crippen LogP contribution in [0.4, 0.5) is 0 Å². The van der Waals surface area contributed by atoms with Crippen LogP contribution in [0, 0.1) is 0 Å². The molecule has 0 aromatic carbocycles. The third-order valence-electron chi connectivity index (χ3n) is 3.07. The number of aliphatic hydroxyl groups excluding tert-OH is 1. The van der Waals surface area contributed by atoms with E-state index in [1.54, 1.807) is 0 Å². The third kappa shape index (κ3) is 10.3. The molecule has 0 aliphatic rings. The number of hydrogen-bond donors (Lipinski definition) is 1. The summed E-state index contributed by atoms with van der Waals surface area (Å²) in [4.78, 5) is 0. The molecule has 18 heavy (non-hydrogen) atoms. The first-order valence-electron chi connectivity index (χ1n) is 7.17. The lowest BCUT2D eigenvalue weighted by Gasteiger charge is -2.03. The molecule has 0 rings (SSSR count). The molecule has 104 valence electrons. The molecule has 0 aromatic rings. The second kappa shape index (κ2) is 11.3. The van der Waals surface area contributed by atoms with E-state index in [4.69, 9.17) is 5.11 Å². The first kappa shape index (κ1) is 17.2. The summed E-state index contributed by atoms with van der Waals surface area (Å²) in [5.41, 5.74) is 4.37. The number of aliphatic hydroxyl groups is 1. The molecule has 0 atom stereocenters. The standard InChI is InChI=1S/C17H30O/c1-5-17(13-8-14-18)12-7-11-16(4)10-6-9-15(2)3/h9,11,13,18H,5-8,10,12,14H2,1-4H3/b16-11+,17-13-. The van der Waals surface area contributed by atoms with Gasteiger partial charge in [0.1, 0.15) is 0 Å². The van der Waals surface area contributed by atoms with Crippen LogP contribution >= 0.6 is 0 Å². The molecule has 0 aliphatic carbocycles. The monoisotopic (exact) mass is 250 g/mol. The van der Waals surface area contributed by atoms with Crippen LogP contribution in [0.15, 0.2) is 34.9 Å². The van der Waals surface area contributed by atoms with Gasteiger partial charge < -0.3 is 5.11 Å². The van der Waals surface area contributed by atoms with Crippen LogP contribution in [-0.2, 0) is 0 Å². The minimum atomic E-state index is 0.265. The van der Waals surface area contributed by atoms with Gasteiger partial charge in [-0.25, -0.2) is 0 Å². The summed E-state index contributed by atoms with van der Waals surface area (Å²) >= 11 is 0. The van der Waals surface area contributed by atoms with Crippen LogP contribution in [0.2, 0.25) is 0 Å². The molecule has 0 aliphatic heterocycles. The van der Waals surface area contributed by atoms with Crippen LogP contribution in [-0.4, -0.2) is 11.7 Å². The Hall–Kier alpha value is -0.820. The van der Waals surface area contributed by atoms with Crippen LogP contribution < -0.4 is 0 Å². The maximum absolute atomic E-state index is 8.80. The molecule has 0 saturated heterocycles. The molecular formula is C17H30O. The number of hydrogen-bond acceptors (Lipinski definition) is 1. The highest BCUT2D eigenvalue weighted by atomic mass is 16.2. The second-order valence-corrected chi connectivity index (χ2v) is 5.14. The molecule has 0 fully saturated rings. The molecule has 0 spiro atoms. The molecule has 0 saturated carbocycles. The van der Waals surface area contributed by atoms with E-state index in [0.717, 1.165) is 32.1 Å². The van der Waals surface area contributed by atoms with E-state index in [0.29, 0.717) is 0 Å². The fourth-order valence-electron chi connectivity index (χ4n) is 1.89. The van der Waals surface area contributed by atoms with Crippen molar-refractivity contribution in [2.75, 3.05) is 6.61 Å². The van der Waals surface area contributed by atoms with Gasteiger partial charge in [0, 0.05) is 6.61 Å². The predicted octanol–water partition coefficient (Wildman–Crippen LogP) is 5.18. The predicted molar refractivity (Wildman–Crippen MR) is 81.7 cm³/mol. The smallest absolute Gasteiger partial charge is 0.0465 e. The van der Waals surface area contributed by atoms with Crippen molar-refractivity contribution in [3.8, 4) is 0 Å². The van der Waals surface area contributed by atoms with E-state index in [2.05, 4.69) is 45.9 Å². The van der Waals surface area contributed by atoms with E-state index in [1.165, 1.54) is 23.1 Å². The highest BCUT2D eigenvalue weighted by Crippen LogP contribution is 2.14. The Morgan fingerprint density at radius 1 is 0.889 bits per heavy atom. The SMILES string of the molecule is CC/C(=C/CCO)CC/C=C(\C)CCC=C(C)C. The lowest BCUT2D eigenvalue weighted by Crippen LogP contribution is -1.85. The summed E-state index contributed by atoms with van der Waals surface area (Å²) in [7, 11) is 0. The van der Waals surface area contributed by atoms with Crippen molar-refractivity contribution in [2.24, 2.45) is 0 Å². The van der Waals surface area contributed by atoms with Crippen LogP contribution in [0.25, 0.3) is 0 Å². The molecule has 0 unspecified atom stereocenters. The van der Waals surface area contributed by atoms with Crippen molar-refractivity contribution in [2.45, 2.75) is 66.2 Å². The van der Waals surface area contributed by atoms with Gasteiger partial charge in [-0.3, -0.25) is 0 Å². The Bertz CT molecular complexity index is 291. The summed E-state index contributed by atoms with van der Waals surface area (Å²) in [5, 5.41) is 8.80. The molecule has 0 heterocycles. The largest absolute Gasteiger partial charge is 0.396 e. The van der Waals surface area contributed by atoms with E-state index in [1.807, 2.05) is 0 Å². The average Bonchev–Trinajstić information content (AvgIpc) is 2.33. The Labute approximate surface area is 113 Å². The highest BCUT2D eigenvalue weighted by molar-refractivity contribution is 5.06. The van der Waals surface area contributed by atoms with Gasteiger partial charge >= 0.3 is 0 Å². The lowest BCUT2D eigenvalue weighted by molar-refractivity contribution is 0.302. The first-order valence-corrected chi connectivity index (χ1v) is 7.17. The number of rotatable bonds is 9. The maximum atomic E-state index is 8.80. The molecule has 0 amide bonds. The second-order valence-electron chi connectivity index (χ2n) is 5.14. The van der Waals surface area contributed by atoms with Crippen molar-refractivity contribution in [3.63, 3.8) is 0 Å². The molecule has 1 N–H and O–H groups in total. The molecule has 0 radical (unpaired) electrons. The molecule has 0 aromatic heterocycles. The molecule has 1 nitrogen and oxygen atoms in total. The van der Waals surface area contributed by atoms with Gasteiger partial charge in [-0.05, 0) is 59.3 Å². The lowest BCUT2D eigenvalue weighted by atomic mass is 10.0. The van der Waals surface area contributed by atoms with Gasteiger partial charge in [0.25, 0.3) is 0 Å². The van der Waals surface area contributed by atoms with Gasteiger partial charge in [-0.1, -0.05) is 41.9 Å². The fraction of sp³-hybridized carbons (Fsp3) is 0.647. The van der Waals surface area contributed by atoms with Gasteiger partial charge in [0.2, 0.25) is 0 Å². The Morgan fingerprint density at radius 3 is 2.11 bits per heavy atom. The summed E-state index contributed by atoms with van der Waals surface area (Å²) < 4.78 is 0. The Morgan fingerprint density at radius 2 is 1.56 bits per heavy atom. The van der Waals surface area contributed by atoms with Crippen molar-refractivity contribution < 1.29 is 5.11 Å². The Balaban J connectivity index is 3.94. The van der Waals surface area contributed by atoms with Crippen molar-refractivity contribution in [1.29, 1.82) is 0 Å². The Kier molecular flexibility index (Phi) is 10.8. The third-order valence-corrected chi connectivity index (χ3v) is 3.07.